The molecular formula is C25H37N5O. The van der Waals surface area contributed by atoms with Crippen LogP contribution in [0.4, 0.5) is 11.5 Å². The van der Waals surface area contributed by atoms with Gasteiger partial charge in [0.05, 0.1) is 17.5 Å². The summed E-state index contributed by atoms with van der Waals surface area (Å²) in [6.45, 7) is 7.70. The van der Waals surface area contributed by atoms with Crippen molar-refractivity contribution in [1.29, 1.82) is 0 Å². The number of nitrogens with zero attached hydrogens (tertiary/aromatic N) is 3. The highest BCUT2D eigenvalue weighted by Gasteiger charge is 2.37. The molecule has 0 spiro atoms. The Kier molecular flexibility index (Phi) is 6.11. The van der Waals surface area contributed by atoms with Crippen molar-refractivity contribution in [2.24, 2.45) is 5.73 Å². The molecule has 31 heavy (non-hydrogen) atoms. The Morgan fingerprint density at radius 2 is 1.90 bits per heavy atom. The van der Waals surface area contributed by atoms with E-state index >= 15 is 0 Å². The number of rotatable bonds is 6. The van der Waals surface area contributed by atoms with Gasteiger partial charge in [0.25, 0.3) is 0 Å². The molecule has 2 aromatic rings. The minimum Gasteiger partial charge on any atom is -0.488 e. The zero-order valence-corrected chi connectivity index (χ0v) is 19.4. The topological polar surface area (TPSA) is 90.3 Å². The molecule has 2 aliphatic rings. The smallest absolute Gasteiger partial charge is 0.143 e. The van der Waals surface area contributed by atoms with Crippen molar-refractivity contribution in [3.8, 4) is 17.0 Å². The maximum atomic E-state index is 6.63. The molecule has 0 radical (unpaired) electrons. The molecular weight excluding hydrogens is 386 g/mol. The fourth-order valence-corrected chi connectivity index (χ4v) is 5.22. The summed E-state index contributed by atoms with van der Waals surface area (Å²) < 4.78 is 6.63. The molecule has 2 aliphatic carbocycles. The van der Waals surface area contributed by atoms with Crippen LogP contribution in [-0.2, 0) is 11.8 Å². The maximum Gasteiger partial charge on any atom is 0.143 e. The Morgan fingerprint density at radius 3 is 2.61 bits per heavy atom. The van der Waals surface area contributed by atoms with Crippen LogP contribution in [0.5, 0.6) is 5.75 Å². The zero-order valence-electron chi connectivity index (χ0n) is 19.4. The van der Waals surface area contributed by atoms with Crippen molar-refractivity contribution in [1.82, 2.24) is 9.97 Å². The first-order valence-electron chi connectivity index (χ1n) is 11.7. The number of nitrogen functional groups attached to an aromatic ring is 1. The van der Waals surface area contributed by atoms with E-state index in [1.807, 2.05) is 0 Å². The Morgan fingerprint density at radius 1 is 1.16 bits per heavy atom. The van der Waals surface area contributed by atoms with Gasteiger partial charge in [0.15, 0.2) is 0 Å². The van der Waals surface area contributed by atoms with Crippen LogP contribution in [0.2, 0.25) is 0 Å². The van der Waals surface area contributed by atoms with Crippen LogP contribution in [0.1, 0.15) is 70.4 Å². The number of fused-ring (bicyclic) bond motifs is 3. The number of hydrogen-bond donors (Lipinski definition) is 2. The minimum absolute atomic E-state index is 0.149. The Hall–Kier alpha value is -2.34. The van der Waals surface area contributed by atoms with E-state index in [2.05, 4.69) is 54.8 Å². The standard InChI is InChI=1S/C25H37N5O/c1-5-6-13-30(4)23-19-14-25(2,3)21-22(28-15-29-24(21)27)18(19)11-12-20(23)31-17-9-7-16(26)8-10-17/h11-12,15-17H,5-10,13-14,26H2,1-4H3,(H2,27,28,29)/t16-,17-. The monoisotopic (exact) mass is 423 g/mol. The Balaban J connectivity index is 1.80. The molecule has 0 bridgehead atoms. The largest absolute Gasteiger partial charge is 0.488 e. The molecule has 1 aromatic carbocycles. The fraction of sp³-hybridized carbons (Fsp3) is 0.600. The molecule has 0 saturated heterocycles. The summed E-state index contributed by atoms with van der Waals surface area (Å²) in [5.41, 5.74) is 17.9. The van der Waals surface area contributed by atoms with E-state index in [1.165, 1.54) is 11.3 Å². The van der Waals surface area contributed by atoms with Gasteiger partial charge < -0.3 is 21.1 Å². The molecule has 1 fully saturated rings. The Bertz CT molecular complexity index is 934. The van der Waals surface area contributed by atoms with Crippen LogP contribution < -0.4 is 21.1 Å². The van der Waals surface area contributed by atoms with Crippen LogP contribution in [0.25, 0.3) is 11.3 Å². The quantitative estimate of drug-likeness (QED) is 0.714. The van der Waals surface area contributed by atoms with Crippen molar-refractivity contribution >= 4 is 11.5 Å². The van der Waals surface area contributed by atoms with Gasteiger partial charge in [-0.2, -0.15) is 0 Å². The molecule has 168 valence electrons. The zero-order chi connectivity index (χ0) is 22.2. The molecule has 1 heterocycles. The lowest BCUT2D eigenvalue weighted by Crippen LogP contribution is -2.33. The fourth-order valence-electron chi connectivity index (χ4n) is 5.22. The lowest BCUT2D eigenvalue weighted by molar-refractivity contribution is 0.147. The molecule has 6 heteroatoms. The third kappa shape index (κ3) is 4.22. The van der Waals surface area contributed by atoms with Gasteiger partial charge in [-0.1, -0.05) is 27.2 Å². The number of anilines is 2. The van der Waals surface area contributed by atoms with Crippen LogP contribution in [-0.4, -0.2) is 35.7 Å². The molecule has 4 rings (SSSR count). The van der Waals surface area contributed by atoms with E-state index < -0.39 is 0 Å². The normalized spacial score (nSPS) is 21.8. The summed E-state index contributed by atoms with van der Waals surface area (Å²) >= 11 is 0. The molecule has 1 aromatic heterocycles. The average Bonchev–Trinajstić information content (AvgIpc) is 2.73. The van der Waals surface area contributed by atoms with Gasteiger partial charge in [-0.05, 0) is 61.6 Å². The van der Waals surface area contributed by atoms with Crippen molar-refractivity contribution in [2.45, 2.75) is 83.3 Å². The number of hydrogen-bond acceptors (Lipinski definition) is 6. The lowest BCUT2D eigenvalue weighted by Gasteiger charge is -2.37. The summed E-state index contributed by atoms with van der Waals surface area (Å²) in [4.78, 5) is 11.3. The molecule has 4 N–H and O–H groups in total. The highest BCUT2D eigenvalue weighted by atomic mass is 16.5. The van der Waals surface area contributed by atoms with Crippen molar-refractivity contribution in [3.05, 3.63) is 29.6 Å². The number of unbranched alkanes of at least 4 members (excludes halogenated alkanes) is 1. The summed E-state index contributed by atoms with van der Waals surface area (Å²) in [5.74, 6) is 1.57. The molecule has 0 amide bonds. The average molecular weight is 424 g/mol. The summed E-state index contributed by atoms with van der Waals surface area (Å²) in [5, 5.41) is 0. The van der Waals surface area contributed by atoms with Gasteiger partial charge in [-0.25, -0.2) is 9.97 Å². The number of ether oxygens (including phenoxy) is 1. The molecule has 0 atom stereocenters. The van der Waals surface area contributed by atoms with Crippen LogP contribution in [0.3, 0.4) is 0 Å². The maximum absolute atomic E-state index is 6.63. The SMILES string of the molecule is CCCCN(C)c1c(O[C@H]2CC[C@H](N)CC2)ccc2c1CC(C)(C)c1c(N)ncnc1-2. The van der Waals surface area contributed by atoms with E-state index in [-0.39, 0.29) is 11.5 Å². The first-order valence-corrected chi connectivity index (χ1v) is 11.7. The molecule has 1 saturated carbocycles. The van der Waals surface area contributed by atoms with Crippen molar-refractivity contribution in [3.63, 3.8) is 0 Å². The first kappa shape index (κ1) is 21.9. The van der Waals surface area contributed by atoms with Crippen LogP contribution in [0.15, 0.2) is 18.5 Å². The van der Waals surface area contributed by atoms with Gasteiger partial charge >= 0.3 is 0 Å². The van der Waals surface area contributed by atoms with Crippen LogP contribution in [0, 0.1) is 0 Å². The van der Waals surface area contributed by atoms with E-state index in [9.17, 15) is 0 Å². The summed E-state index contributed by atoms with van der Waals surface area (Å²) in [6, 6.07) is 4.61. The van der Waals surface area contributed by atoms with Crippen LogP contribution >= 0.6 is 0 Å². The third-order valence-electron chi connectivity index (χ3n) is 6.91. The summed E-state index contributed by atoms with van der Waals surface area (Å²) in [6.07, 6.45) is 9.11. The van der Waals surface area contributed by atoms with E-state index in [4.69, 9.17) is 16.2 Å². The number of benzene rings is 1. The molecule has 6 nitrogen and oxygen atoms in total. The van der Waals surface area contributed by atoms with E-state index in [1.54, 1.807) is 6.33 Å². The second kappa shape index (κ2) is 8.65. The number of aromatic nitrogens is 2. The molecule has 0 aliphatic heterocycles. The second-order valence-electron chi connectivity index (χ2n) is 9.91. The van der Waals surface area contributed by atoms with E-state index in [0.717, 1.165) is 74.1 Å². The lowest BCUT2D eigenvalue weighted by atomic mass is 9.71. The summed E-state index contributed by atoms with van der Waals surface area (Å²) in [7, 11) is 2.19. The third-order valence-corrected chi connectivity index (χ3v) is 6.91. The van der Waals surface area contributed by atoms with Gasteiger partial charge in [0.2, 0.25) is 0 Å². The first-order chi connectivity index (χ1) is 14.8. The minimum atomic E-state index is -0.149. The van der Waals surface area contributed by atoms with Crippen molar-refractivity contribution in [2.75, 3.05) is 24.2 Å². The molecule has 0 unspecified atom stereocenters. The van der Waals surface area contributed by atoms with E-state index in [0.29, 0.717) is 11.9 Å². The van der Waals surface area contributed by atoms with Gasteiger partial charge in [0.1, 0.15) is 17.9 Å². The van der Waals surface area contributed by atoms with Crippen molar-refractivity contribution < 1.29 is 4.74 Å². The van der Waals surface area contributed by atoms with Gasteiger partial charge in [-0.3, -0.25) is 0 Å². The second-order valence-corrected chi connectivity index (χ2v) is 9.91. The highest BCUT2D eigenvalue weighted by molar-refractivity contribution is 5.83. The predicted molar refractivity (Wildman–Crippen MR) is 128 cm³/mol. The predicted octanol–water partition coefficient (Wildman–Crippen LogP) is 4.44. The highest BCUT2D eigenvalue weighted by Crippen LogP contribution is 2.49. The Labute approximate surface area is 186 Å². The van der Waals surface area contributed by atoms with Gasteiger partial charge in [0, 0.05) is 30.8 Å². The van der Waals surface area contributed by atoms with Gasteiger partial charge in [-0.15, -0.1) is 0 Å². The number of nitrogens with two attached hydrogens (primary N) is 2.